The van der Waals surface area contributed by atoms with Crippen LogP contribution in [-0.2, 0) is 4.79 Å². The van der Waals surface area contributed by atoms with Gasteiger partial charge in [-0.1, -0.05) is 6.42 Å². The lowest BCUT2D eigenvalue weighted by molar-refractivity contribution is -0.146. The van der Waals surface area contributed by atoms with Crippen molar-refractivity contribution in [1.29, 1.82) is 0 Å². The Bertz CT molecular complexity index is 296. The van der Waals surface area contributed by atoms with E-state index in [1.807, 2.05) is 0 Å². The van der Waals surface area contributed by atoms with Crippen LogP contribution < -0.4 is 5.32 Å². The van der Waals surface area contributed by atoms with E-state index in [4.69, 9.17) is 5.11 Å². The number of carbonyl (C=O) groups is 1. The second kappa shape index (κ2) is 6.26. The number of thioether (sulfide) groups is 1. The van der Waals surface area contributed by atoms with Gasteiger partial charge in [-0.25, -0.2) is 0 Å². The summed E-state index contributed by atoms with van der Waals surface area (Å²) in [6, 6.07) is 0.437. The van der Waals surface area contributed by atoms with Gasteiger partial charge in [0.05, 0.1) is 6.61 Å². The first-order valence-electron chi connectivity index (χ1n) is 6.89. The number of carboxylic acids is 1. The number of aliphatic hydroxyl groups is 1. The topological polar surface area (TPSA) is 69.6 Å². The molecule has 0 aromatic rings. The van der Waals surface area contributed by atoms with Crippen LogP contribution in [0.4, 0.5) is 0 Å². The molecule has 0 bridgehead atoms. The maximum absolute atomic E-state index is 11.7. The van der Waals surface area contributed by atoms with E-state index in [0.29, 0.717) is 6.04 Å². The lowest BCUT2D eigenvalue weighted by Crippen LogP contribution is -2.55. The van der Waals surface area contributed by atoms with Crippen LogP contribution in [0.15, 0.2) is 0 Å². The SMILES string of the molecule is O=C(O)C1(NC2CC2)CCCC1CCSCCO. The minimum absolute atomic E-state index is 0.208. The molecule has 5 heteroatoms. The highest BCUT2D eigenvalue weighted by molar-refractivity contribution is 7.99. The van der Waals surface area contributed by atoms with Crippen molar-refractivity contribution in [2.75, 3.05) is 18.1 Å². The van der Waals surface area contributed by atoms with Gasteiger partial charge in [-0.2, -0.15) is 11.8 Å². The molecule has 104 valence electrons. The average Bonchev–Trinajstić information content (AvgIpc) is 3.05. The highest BCUT2D eigenvalue weighted by atomic mass is 32.2. The molecule has 2 saturated carbocycles. The molecular formula is C13H23NO3S. The molecule has 2 rings (SSSR count). The minimum Gasteiger partial charge on any atom is -0.480 e. The highest BCUT2D eigenvalue weighted by Crippen LogP contribution is 2.41. The van der Waals surface area contributed by atoms with Crippen molar-refractivity contribution in [1.82, 2.24) is 5.32 Å². The van der Waals surface area contributed by atoms with Gasteiger partial charge in [0.25, 0.3) is 0 Å². The van der Waals surface area contributed by atoms with Crippen LogP contribution in [0.3, 0.4) is 0 Å². The molecule has 0 aromatic carbocycles. The zero-order valence-corrected chi connectivity index (χ0v) is 11.5. The Morgan fingerprint density at radius 2 is 2.11 bits per heavy atom. The maximum Gasteiger partial charge on any atom is 0.324 e. The number of aliphatic carboxylic acids is 1. The van der Waals surface area contributed by atoms with Gasteiger partial charge >= 0.3 is 5.97 Å². The molecule has 0 radical (unpaired) electrons. The second-order valence-electron chi connectivity index (χ2n) is 5.41. The lowest BCUT2D eigenvalue weighted by Gasteiger charge is -2.32. The highest BCUT2D eigenvalue weighted by Gasteiger charge is 2.50. The smallest absolute Gasteiger partial charge is 0.324 e. The number of aliphatic hydroxyl groups excluding tert-OH is 1. The van der Waals surface area contributed by atoms with Gasteiger partial charge in [-0.05, 0) is 43.8 Å². The number of hydrogen-bond donors (Lipinski definition) is 3. The van der Waals surface area contributed by atoms with Crippen LogP contribution in [0.1, 0.15) is 38.5 Å². The zero-order chi connectivity index (χ0) is 13.0. The van der Waals surface area contributed by atoms with E-state index in [-0.39, 0.29) is 12.5 Å². The number of carboxylic acid groups (broad SMARTS) is 1. The summed E-state index contributed by atoms with van der Waals surface area (Å²) in [6.07, 6.45) is 6.00. The predicted molar refractivity (Wildman–Crippen MR) is 72.9 cm³/mol. The first-order valence-corrected chi connectivity index (χ1v) is 8.04. The molecule has 0 aliphatic heterocycles. The van der Waals surface area contributed by atoms with Gasteiger partial charge in [0, 0.05) is 11.8 Å². The summed E-state index contributed by atoms with van der Waals surface area (Å²) in [5.41, 5.74) is -0.666. The van der Waals surface area contributed by atoms with Crippen molar-refractivity contribution in [3.05, 3.63) is 0 Å². The van der Waals surface area contributed by atoms with Crippen molar-refractivity contribution < 1.29 is 15.0 Å². The summed E-state index contributed by atoms with van der Waals surface area (Å²) in [5, 5.41) is 21.8. The van der Waals surface area contributed by atoms with E-state index in [2.05, 4.69) is 5.32 Å². The molecule has 4 nitrogen and oxygen atoms in total. The van der Waals surface area contributed by atoms with Crippen LogP contribution in [0, 0.1) is 5.92 Å². The van der Waals surface area contributed by atoms with Crippen molar-refractivity contribution in [2.24, 2.45) is 5.92 Å². The molecule has 2 aliphatic carbocycles. The lowest BCUT2D eigenvalue weighted by atomic mass is 9.85. The predicted octanol–water partition coefficient (Wildman–Crippen LogP) is 1.48. The molecule has 0 heterocycles. The zero-order valence-electron chi connectivity index (χ0n) is 10.7. The fourth-order valence-corrected chi connectivity index (χ4v) is 3.77. The average molecular weight is 273 g/mol. The van der Waals surface area contributed by atoms with Gasteiger partial charge in [-0.3, -0.25) is 10.1 Å². The van der Waals surface area contributed by atoms with E-state index in [0.717, 1.165) is 50.0 Å². The quantitative estimate of drug-likeness (QED) is 0.584. The van der Waals surface area contributed by atoms with Crippen LogP contribution in [0.25, 0.3) is 0 Å². The van der Waals surface area contributed by atoms with Crippen LogP contribution >= 0.6 is 11.8 Å². The summed E-state index contributed by atoms with van der Waals surface area (Å²) >= 11 is 1.72. The molecule has 2 unspecified atom stereocenters. The summed E-state index contributed by atoms with van der Waals surface area (Å²) in [6.45, 7) is 0.208. The van der Waals surface area contributed by atoms with Gasteiger partial charge in [0.1, 0.15) is 5.54 Å². The van der Waals surface area contributed by atoms with E-state index < -0.39 is 11.5 Å². The summed E-state index contributed by atoms with van der Waals surface area (Å²) in [4.78, 5) is 11.7. The number of rotatable bonds is 8. The molecule has 2 atom stereocenters. The molecule has 3 N–H and O–H groups in total. The normalized spacial score (nSPS) is 31.7. The third kappa shape index (κ3) is 3.19. The Morgan fingerprint density at radius 3 is 2.72 bits per heavy atom. The van der Waals surface area contributed by atoms with E-state index in [1.54, 1.807) is 11.8 Å². The van der Waals surface area contributed by atoms with Crippen molar-refractivity contribution in [3.8, 4) is 0 Å². The van der Waals surface area contributed by atoms with Gasteiger partial charge in [-0.15, -0.1) is 0 Å². The summed E-state index contributed by atoms with van der Waals surface area (Å²) in [7, 11) is 0. The molecule has 18 heavy (non-hydrogen) atoms. The number of nitrogens with one attached hydrogen (secondary N) is 1. The molecule has 2 fully saturated rings. The van der Waals surface area contributed by atoms with E-state index >= 15 is 0 Å². The monoisotopic (exact) mass is 273 g/mol. The Morgan fingerprint density at radius 1 is 1.33 bits per heavy atom. The third-order valence-corrected chi connectivity index (χ3v) is 5.08. The van der Waals surface area contributed by atoms with Crippen LogP contribution in [0.2, 0.25) is 0 Å². The van der Waals surface area contributed by atoms with Gasteiger partial charge < -0.3 is 10.2 Å². The first kappa shape index (κ1) is 14.2. The third-order valence-electron chi connectivity index (χ3n) is 4.09. The summed E-state index contributed by atoms with van der Waals surface area (Å²) in [5.74, 6) is 1.29. The van der Waals surface area contributed by atoms with Crippen molar-refractivity contribution in [2.45, 2.75) is 50.1 Å². The van der Waals surface area contributed by atoms with Crippen molar-refractivity contribution in [3.63, 3.8) is 0 Å². The molecule has 0 spiro atoms. The fraction of sp³-hybridized carbons (Fsp3) is 0.923. The molecule has 0 aromatic heterocycles. The van der Waals surface area contributed by atoms with E-state index in [1.165, 1.54) is 0 Å². The Labute approximate surface area is 113 Å². The Kier molecular flexibility index (Phi) is 4.92. The Balaban J connectivity index is 1.91. The van der Waals surface area contributed by atoms with Gasteiger partial charge in [0.2, 0.25) is 0 Å². The largest absolute Gasteiger partial charge is 0.480 e. The van der Waals surface area contributed by atoms with E-state index in [9.17, 15) is 9.90 Å². The molecule has 0 saturated heterocycles. The first-order chi connectivity index (χ1) is 8.69. The Hall–Kier alpha value is -0.260. The van der Waals surface area contributed by atoms with Crippen molar-refractivity contribution >= 4 is 17.7 Å². The fourth-order valence-electron chi connectivity index (χ4n) is 2.99. The second-order valence-corrected chi connectivity index (χ2v) is 6.63. The molecule has 2 aliphatic rings. The van der Waals surface area contributed by atoms with Gasteiger partial charge in [0.15, 0.2) is 0 Å². The maximum atomic E-state index is 11.7. The minimum atomic E-state index is -0.666. The van der Waals surface area contributed by atoms with Crippen LogP contribution in [0.5, 0.6) is 0 Å². The van der Waals surface area contributed by atoms with Crippen LogP contribution in [-0.4, -0.2) is 45.9 Å². The molecule has 0 amide bonds. The number of hydrogen-bond acceptors (Lipinski definition) is 4. The summed E-state index contributed by atoms with van der Waals surface area (Å²) < 4.78 is 0. The standard InChI is InChI=1S/C13H23NO3S/c15-7-9-18-8-5-10-2-1-6-13(10,12(16)17)14-11-3-4-11/h10-11,14-15H,1-9H2,(H,16,17). The molecular weight excluding hydrogens is 250 g/mol.